The summed E-state index contributed by atoms with van der Waals surface area (Å²) in [5, 5.41) is 1.33. The van der Waals surface area contributed by atoms with E-state index in [2.05, 4.69) is 4.17 Å². The van der Waals surface area contributed by atoms with Gasteiger partial charge in [-0.1, -0.05) is 36.4 Å². The molecule has 18 heavy (non-hydrogen) atoms. The third-order valence-electron chi connectivity index (χ3n) is 2.03. The normalized spacial score (nSPS) is 9.78. The Morgan fingerprint density at radius 1 is 1.00 bits per heavy atom. The van der Waals surface area contributed by atoms with Gasteiger partial charge in [0.05, 0.1) is 0 Å². The van der Waals surface area contributed by atoms with Gasteiger partial charge in [-0.05, 0) is 11.5 Å². The van der Waals surface area contributed by atoms with Gasteiger partial charge in [-0.25, -0.2) is 0 Å². The molecule has 2 aromatic rings. The molecule has 0 atom stereocenters. The molecule has 1 N–H and O–H groups in total. The molecule has 0 saturated carbocycles. The molecule has 0 bridgehead atoms. The average Bonchev–Trinajstić information content (AvgIpc) is 2.41. The zero-order chi connectivity index (χ0) is 14.2. The Balaban J connectivity index is 0.000000659. The molecule has 0 fully saturated rings. The van der Waals surface area contributed by atoms with Crippen LogP contribution < -0.4 is 0 Å². The molecule has 0 heterocycles. The summed E-state index contributed by atoms with van der Waals surface area (Å²) in [4.78, 5) is 7.95. The van der Waals surface area contributed by atoms with E-state index in [0.29, 0.717) is 5.39 Å². The molecule has 6 heteroatoms. The van der Waals surface area contributed by atoms with Crippen LogP contribution in [-0.2, 0) is 14.9 Å². The molecule has 0 amide bonds. The average molecular weight is 276 g/mol. The van der Waals surface area contributed by atoms with Crippen molar-refractivity contribution in [1.29, 1.82) is 0 Å². The SMILES string of the molecule is C=O.O=S(=O)(O)c1cccc2ccccc12.[CH3][Na]. The second kappa shape index (κ2) is 8.39. The van der Waals surface area contributed by atoms with Crippen molar-refractivity contribution in [3.63, 3.8) is 0 Å². The molecule has 92 valence electrons. The molecular weight excluding hydrogens is 263 g/mol. The van der Waals surface area contributed by atoms with Crippen LogP contribution in [0.25, 0.3) is 10.8 Å². The molecule has 0 aliphatic heterocycles. The summed E-state index contributed by atoms with van der Waals surface area (Å²) in [7, 11) is -4.13. The van der Waals surface area contributed by atoms with Crippen LogP contribution in [0.5, 0.6) is 0 Å². The van der Waals surface area contributed by atoms with E-state index < -0.39 is 10.1 Å². The Labute approximate surface area is 124 Å². The standard InChI is InChI=1S/C10H8O3S.CH2O.CH3.Na/c11-14(12,13)10-7-3-5-8-4-1-2-6-9(8)10;1-2;;/h1-7H,(H,11,12,13);1H2;1H3;. The summed E-state index contributed by atoms with van der Waals surface area (Å²) >= 11 is 1.31. The zero-order valence-corrected chi connectivity index (χ0v) is 13.1. The third kappa shape index (κ3) is 4.51. The van der Waals surface area contributed by atoms with Crippen molar-refractivity contribution >= 4 is 55.6 Å². The topological polar surface area (TPSA) is 71.4 Å². The Kier molecular flexibility index (Phi) is 8.06. The predicted octanol–water partition coefficient (Wildman–Crippen LogP) is 2.10. The van der Waals surface area contributed by atoms with Crippen molar-refractivity contribution in [2.24, 2.45) is 0 Å². The van der Waals surface area contributed by atoms with Crippen molar-refractivity contribution in [2.75, 3.05) is 0 Å². The second-order valence-corrected chi connectivity index (χ2v) is 4.34. The van der Waals surface area contributed by atoms with Crippen molar-refractivity contribution in [1.82, 2.24) is 0 Å². The minimum absolute atomic E-state index is 0.0457. The first-order valence-corrected chi connectivity index (χ1v) is 8.77. The number of carbonyl (C=O) groups is 1. The number of hydrogen-bond donors (Lipinski definition) is 1. The molecule has 2 rings (SSSR count). The van der Waals surface area contributed by atoms with Gasteiger partial charge in [0.25, 0.3) is 10.1 Å². The molecule has 0 saturated heterocycles. The van der Waals surface area contributed by atoms with Crippen molar-refractivity contribution in [3.8, 4) is 0 Å². The Bertz CT molecular complexity index is 591. The number of benzene rings is 2. The molecule has 0 aliphatic carbocycles. The van der Waals surface area contributed by atoms with Crippen LogP contribution >= 0.6 is 0 Å². The van der Waals surface area contributed by atoms with Gasteiger partial charge in [0.1, 0.15) is 11.7 Å². The van der Waals surface area contributed by atoms with Crippen LogP contribution in [0.4, 0.5) is 0 Å². The van der Waals surface area contributed by atoms with Gasteiger partial charge >= 0.3 is 32.1 Å². The molecular formula is C12H13NaO4S. The van der Waals surface area contributed by atoms with Gasteiger partial charge in [-0.3, -0.25) is 4.55 Å². The summed E-state index contributed by atoms with van der Waals surface area (Å²) in [5.74, 6) is 0. The molecule has 0 unspecified atom stereocenters. The second-order valence-electron chi connectivity index (χ2n) is 2.95. The van der Waals surface area contributed by atoms with Crippen LogP contribution in [-0.4, -0.2) is 47.7 Å². The van der Waals surface area contributed by atoms with Crippen molar-refractivity contribution in [3.05, 3.63) is 42.5 Å². The van der Waals surface area contributed by atoms with E-state index in [1.165, 1.54) is 34.0 Å². The Morgan fingerprint density at radius 3 is 2.06 bits per heavy atom. The number of rotatable bonds is 1. The van der Waals surface area contributed by atoms with E-state index in [-0.39, 0.29) is 4.90 Å². The van der Waals surface area contributed by atoms with Crippen LogP contribution in [0.3, 0.4) is 0 Å². The zero-order valence-electron chi connectivity index (χ0n) is 10.3. The fraction of sp³-hybridized carbons (Fsp3) is 0.0833. The molecule has 4 nitrogen and oxygen atoms in total. The maximum absolute atomic E-state index is 11.0. The summed E-state index contributed by atoms with van der Waals surface area (Å²) in [6, 6.07) is 11.8. The minimum atomic E-state index is -4.13. The first-order chi connectivity index (χ1) is 8.59. The third-order valence-corrected chi connectivity index (χ3v) is 2.94. The van der Waals surface area contributed by atoms with Gasteiger partial charge in [-0.15, -0.1) is 0 Å². The van der Waals surface area contributed by atoms with Crippen LogP contribution in [0.15, 0.2) is 47.4 Å². The van der Waals surface area contributed by atoms with Gasteiger partial charge in [0.15, 0.2) is 0 Å². The van der Waals surface area contributed by atoms with E-state index in [4.69, 9.17) is 9.35 Å². The molecule has 0 spiro atoms. The summed E-state index contributed by atoms with van der Waals surface area (Å²) in [6.45, 7) is 2.00. The molecule has 2 aromatic carbocycles. The Hall–Kier alpha value is -0.720. The summed E-state index contributed by atoms with van der Waals surface area (Å²) in [5.41, 5.74) is 0. The number of carbonyl (C=O) groups excluding carboxylic acids is 1. The van der Waals surface area contributed by atoms with Crippen LogP contribution in [0.1, 0.15) is 0 Å². The molecule has 0 aromatic heterocycles. The fourth-order valence-corrected chi connectivity index (χ4v) is 2.13. The van der Waals surface area contributed by atoms with E-state index in [1.54, 1.807) is 30.3 Å². The van der Waals surface area contributed by atoms with E-state index in [0.717, 1.165) is 5.39 Å². The van der Waals surface area contributed by atoms with Crippen LogP contribution in [0.2, 0.25) is 4.17 Å². The van der Waals surface area contributed by atoms with Gasteiger partial charge in [0.2, 0.25) is 0 Å². The first-order valence-electron chi connectivity index (χ1n) is 5.33. The fourth-order valence-electron chi connectivity index (χ4n) is 1.42. The first kappa shape index (κ1) is 17.3. The summed E-state index contributed by atoms with van der Waals surface area (Å²) < 4.78 is 33.1. The van der Waals surface area contributed by atoms with Gasteiger partial charge in [0, 0.05) is 5.39 Å². The molecule has 0 aliphatic rings. The number of hydrogen-bond acceptors (Lipinski definition) is 3. The molecule has 0 radical (unpaired) electrons. The van der Waals surface area contributed by atoms with E-state index in [9.17, 15) is 8.42 Å². The van der Waals surface area contributed by atoms with Crippen molar-refractivity contribution in [2.45, 2.75) is 9.07 Å². The number of fused-ring (bicyclic) bond motifs is 1. The van der Waals surface area contributed by atoms with E-state index >= 15 is 0 Å². The maximum atomic E-state index is 11.0. The van der Waals surface area contributed by atoms with E-state index in [1.807, 2.05) is 12.9 Å². The van der Waals surface area contributed by atoms with Gasteiger partial charge in [-0.2, -0.15) is 8.42 Å². The van der Waals surface area contributed by atoms with Gasteiger partial charge < -0.3 is 4.79 Å². The predicted molar refractivity (Wildman–Crippen MR) is 72.5 cm³/mol. The van der Waals surface area contributed by atoms with Crippen LogP contribution in [0, 0.1) is 0 Å². The summed E-state index contributed by atoms with van der Waals surface area (Å²) in [6.07, 6.45) is 0. The quantitative estimate of drug-likeness (QED) is 0.639. The van der Waals surface area contributed by atoms with Crippen molar-refractivity contribution < 1.29 is 17.8 Å². The Morgan fingerprint density at radius 2 is 1.50 bits per heavy atom. The monoisotopic (exact) mass is 276 g/mol.